The van der Waals surface area contributed by atoms with E-state index in [1.54, 1.807) is 0 Å². The van der Waals surface area contributed by atoms with E-state index >= 15 is 0 Å². The molecule has 5 aliphatic rings. The number of likely N-dealkylation sites (tertiary alicyclic amines) is 1. The molecule has 3 heterocycles. The minimum Gasteiger partial charge on any atom is -0.462 e. The fraction of sp³-hybridized carbons (Fsp3) is 0.952. The van der Waals surface area contributed by atoms with Gasteiger partial charge >= 0.3 is 5.97 Å². The highest BCUT2D eigenvalue weighted by Gasteiger charge is 2.65. The van der Waals surface area contributed by atoms with Crippen molar-refractivity contribution in [2.75, 3.05) is 26.3 Å². The molecule has 5 heteroatoms. The lowest BCUT2D eigenvalue weighted by molar-refractivity contribution is -0.147. The molecule has 0 amide bonds. The van der Waals surface area contributed by atoms with Gasteiger partial charge in [0.1, 0.15) is 6.10 Å². The molecule has 0 radical (unpaired) electrons. The van der Waals surface area contributed by atoms with Crippen LogP contribution in [-0.4, -0.2) is 60.0 Å². The standard InChI is InChI=1S/C21H33NO4/c1-20-6-4-7-21(13-25-21)18(20)9-15-16(19(24)26-17(15)10-20)11-22-8-3-2-5-14(22)12-23/h14-18,23H,2-13H2,1H3/t14?,15-,16?,17-,18?,20-,21?/m1/s1. The molecule has 4 unspecified atom stereocenters. The molecule has 5 fully saturated rings. The quantitative estimate of drug-likeness (QED) is 0.616. The molecular formula is C21H33NO4. The Labute approximate surface area is 156 Å². The van der Waals surface area contributed by atoms with Crippen molar-refractivity contribution < 1.29 is 19.4 Å². The second-order valence-electron chi connectivity index (χ2n) is 9.93. The maximum absolute atomic E-state index is 12.8. The van der Waals surface area contributed by atoms with Gasteiger partial charge < -0.3 is 14.6 Å². The lowest BCUT2D eigenvalue weighted by atomic mass is 9.53. The molecule has 146 valence electrons. The van der Waals surface area contributed by atoms with Crippen LogP contribution in [0.5, 0.6) is 0 Å². The minimum absolute atomic E-state index is 0.00951. The normalized spacial score (nSPS) is 51.0. The molecule has 1 spiro atoms. The number of carbonyl (C=O) groups excluding carboxylic acids is 1. The zero-order chi connectivity index (χ0) is 17.9. The summed E-state index contributed by atoms with van der Waals surface area (Å²) in [5.41, 5.74) is 0.386. The zero-order valence-corrected chi connectivity index (χ0v) is 16.0. The third kappa shape index (κ3) is 2.65. The molecule has 0 aromatic rings. The van der Waals surface area contributed by atoms with Crippen LogP contribution in [0.25, 0.3) is 0 Å². The van der Waals surface area contributed by atoms with E-state index in [0.717, 1.165) is 39.0 Å². The predicted molar refractivity (Wildman–Crippen MR) is 96.5 cm³/mol. The Morgan fingerprint density at radius 2 is 2.12 bits per heavy atom. The average Bonchev–Trinajstić information content (AvgIpc) is 3.33. The lowest BCUT2D eigenvalue weighted by Crippen LogP contribution is -2.52. The van der Waals surface area contributed by atoms with Gasteiger partial charge in [-0.3, -0.25) is 9.69 Å². The van der Waals surface area contributed by atoms with Gasteiger partial charge in [0.05, 0.1) is 24.7 Å². The van der Waals surface area contributed by atoms with Crippen LogP contribution in [0.4, 0.5) is 0 Å². The van der Waals surface area contributed by atoms with Gasteiger partial charge in [0.2, 0.25) is 0 Å². The molecule has 5 rings (SSSR count). The lowest BCUT2D eigenvalue weighted by Gasteiger charge is -2.51. The Bertz CT molecular complexity index is 576. The van der Waals surface area contributed by atoms with E-state index in [1.807, 2.05) is 0 Å². The summed E-state index contributed by atoms with van der Waals surface area (Å²) in [7, 11) is 0. The van der Waals surface area contributed by atoms with Crippen LogP contribution in [0.2, 0.25) is 0 Å². The van der Waals surface area contributed by atoms with Crippen LogP contribution >= 0.6 is 0 Å². The van der Waals surface area contributed by atoms with Gasteiger partial charge in [-0.1, -0.05) is 13.3 Å². The second-order valence-corrected chi connectivity index (χ2v) is 9.93. The van der Waals surface area contributed by atoms with Gasteiger partial charge in [-0.2, -0.15) is 0 Å². The van der Waals surface area contributed by atoms with Crippen LogP contribution in [0.1, 0.15) is 58.3 Å². The molecular weight excluding hydrogens is 330 g/mol. The van der Waals surface area contributed by atoms with E-state index in [2.05, 4.69) is 11.8 Å². The van der Waals surface area contributed by atoms with Crippen molar-refractivity contribution in [2.24, 2.45) is 23.2 Å². The number of esters is 1. The van der Waals surface area contributed by atoms with Crippen molar-refractivity contribution in [2.45, 2.75) is 76.0 Å². The molecule has 26 heavy (non-hydrogen) atoms. The Morgan fingerprint density at radius 3 is 2.88 bits per heavy atom. The van der Waals surface area contributed by atoms with Crippen molar-refractivity contribution >= 4 is 5.97 Å². The first-order chi connectivity index (χ1) is 12.5. The van der Waals surface area contributed by atoms with E-state index in [9.17, 15) is 9.90 Å². The number of aliphatic hydroxyl groups excluding tert-OH is 1. The Morgan fingerprint density at radius 1 is 1.27 bits per heavy atom. The van der Waals surface area contributed by atoms with Crippen LogP contribution in [0.15, 0.2) is 0 Å². The second kappa shape index (κ2) is 6.18. The van der Waals surface area contributed by atoms with Crippen LogP contribution < -0.4 is 0 Å². The zero-order valence-electron chi connectivity index (χ0n) is 16.0. The van der Waals surface area contributed by atoms with Crippen molar-refractivity contribution in [1.82, 2.24) is 4.90 Å². The number of carbonyl (C=O) groups is 1. The molecule has 5 nitrogen and oxygen atoms in total. The number of hydrogen-bond donors (Lipinski definition) is 1. The van der Waals surface area contributed by atoms with Crippen molar-refractivity contribution in [3.63, 3.8) is 0 Å². The van der Waals surface area contributed by atoms with Gasteiger partial charge in [-0.15, -0.1) is 0 Å². The maximum Gasteiger partial charge on any atom is 0.310 e. The molecule has 0 aromatic carbocycles. The smallest absolute Gasteiger partial charge is 0.310 e. The molecule has 2 saturated carbocycles. The van der Waals surface area contributed by atoms with Crippen LogP contribution in [0, 0.1) is 23.2 Å². The fourth-order valence-electron chi connectivity index (χ4n) is 6.93. The van der Waals surface area contributed by atoms with Crippen molar-refractivity contribution in [3.05, 3.63) is 0 Å². The summed E-state index contributed by atoms with van der Waals surface area (Å²) in [4.78, 5) is 15.1. The summed E-state index contributed by atoms with van der Waals surface area (Å²) in [6, 6.07) is 0.220. The summed E-state index contributed by atoms with van der Waals surface area (Å²) in [6.07, 6.45) is 9.27. The number of aliphatic hydroxyl groups is 1. The molecule has 0 aromatic heterocycles. The Hall–Kier alpha value is -0.650. The van der Waals surface area contributed by atoms with Gasteiger partial charge in [-0.25, -0.2) is 0 Å². The van der Waals surface area contributed by atoms with E-state index in [1.165, 1.54) is 32.1 Å². The van der Waals surface area contributed by atoms with Gasteiger partial charge in [-0.05, 0) is 62.8 Å². The van der Waals surface area contributed by atoms with E-state index in [-0.39, 0.29) is 41.7 Å². The molecule has 1 N–H and O–H groups in total. The topological polar surface area (TPSA) is 62.3 Å². The largest absolute Gasteiger partial charge is 0.462 e. The number of nitrogens with zero attached hydrogens (tertiary/aromatic N) is 1. The highest BCUT2D eigenvalue weighted by Crippen LogP contribution is 2.62. The summed E-state index contributed by atoms with van der Waals surface area (Å²) in [5, 5.41) is 9.72. The number of rotatable bonds is 3. The minimum atomic E-state index is -0.0190. The molecule has 2 aliphatic carbocycles. The average molecular weight is 363 g/mol. The number of ether oxygens (including phenoxy) is 2. The van der Waals surface area contributed by atoms with Crippen molar-refractivity contribution in [1.29, 1.82) is 0 Å². The van der Waals surface area contributed by atoms with E-state index in [0.29, 0.717) is 11.8 Å². The highest BCUT2D eigenvalue weighted by atomic mass is 16.6. The first kappa shape index (κ1) is 17.4. The predicted octanol–water partition coefficient (Wildman–Crippen LogP) is 2.36. The summed E-state index contributed by atoms with van der Waals surface area (Å²) >= 11 is 0. The third-order valence-corrected chi connectivity index (χ3v) is 8.47. The molecule has 3 saturated heterocycles. The SMILES string of the molecule is C[C@]12CCCC3(CO3)C1C[C@@H]1C(CN3CCCCC3CO)C(=O)O[C@@H]1C2. The van der Waals surface area contributed by atoms with Crippen LogP contribution in [-0.2, 0) is 14.3 Å². The Balaban J connectivity index is 1.35. The highest BCUT2D eigenvalue weighted by molar-refractivity contribution is 5.75. The first-order valence-electron chi connectivity index (χ1n) is 10.7. The summed E-state index contributed by atoms with van der Waals surface area (Å²) in [6.45, 7) is 5.30. The molecule has 7 atom stereocenters. The monoisotopic (exact) mass is 363 g/mol. The maximum atomic E-state index is 12.8. The van der Waals surface area contributed by atoms with Crippen LogP contribution in [0.3, 0.4) is 0 Å². The van der Waals surface area contributed by atoms with E-state index < -0.39 is 0 Å². The summed E-state index contributed by atoms with van der Waals surface area (Å²) in [5.74, 6) is 0.905. The molecule has 0 bridgehead atoms. The Kier molecular flexibility index (Phi) is 4.15. The third-order valence-electron chi connectivity index (χ3n) is 8.47. The summed E-state index contributed by atoms with van der Waals surface area (Å²) < 4.78 is 11.9. The first-order valence-corrected chi connectivity index (χ1v) is 10.7. The van der Waals surface area contributed by atoms with Crippen molar-refractivity contribution in [3.8, 4) is 0 Å². The number of piperidine rings is 1. The number of epoxide rings is 1. The fourth-order valence-corrected chi connectivity index (χ4v) is 6.93. The molecule has 3 aliphatic heterocycles. The van der Waals surface area contributed by atoms with Gasteiger partial charge in [0.15, 0.2) is 0 Å². The number of fused-ring (bicyclic) bond motifs is 3. The number of hydrogen-bond acceptors (Lipinski definition) is 5. The van der Waals surface area contributed by atoms with Gasteiger partial charge in [0.25, 0.3) is 0 Å². The van der Waals surface area contributed by atoms with Gasteiger partial charge in [0, 0.05) is 18.5 Å². The van der Waals surface area contributed by atoms with E-state index in [4.69, 9.17) is 9.47 Å².